The van der Waals surface area contributed by atoms with E-state index in [9.17, 15) is 30.0 Å². The molecule has 182 valence electrons. The summed E-state index contributed by atoms with van der Waals surface area (Å²) in [6, 6.07) is 0. The lowest BCUT2D eigenvalue weighted by atomic mass is 9.57. The number of carbonyl (C=O) groups excluding carboxylic acids is 2. The Morgan fingerprint density at radius 3 is 2.06 bits per heavy atom. The highest BCUT2D eigenvalue weighted by atomic mass is 16.6. The van der Waals surface area contributed by atoms with E-state index in [1.807, 2.05) is 0 Å². The fourth-order valence-corrected chi connectivity index (χ4v) is 8.44. The van der Waals surface area contributed by atoms with Crippen LogP contribution in [-0.2, 0) is 19.1 Å². The van der Waals surface area contributed by atoms with Gasteiger partial charge in [0, 0.05) is 36.5 Å². The first-order valence-corrected chi connectivity index (χ1v) is 11.7. The minimum absolute atomic E-state index is 0.126. The molecule has 10 atom stereocenters. The van der Waals surface area contributed by atoms with Gasteiger partial charge in [0.2, 0.25) is 0 Å². The number of esters is 2. The standard InChI is InChI=1S/C24H38O8/c1-12(25)31-18-10-23-11-21(5,28)14(19(23)32-13(2)26)7-8-15(23)22(6,29)16-9-17(27)20(3,4)24(16,18)30/h14-19,27-30H,7-11H2,1-6H3/t14?,15-,16-,17-,18-,19-,21+,22+,23?,24-/m0/s1. The van der Waals surface area contributed by atoms with E-state index in [1.54, 1.807) is 27.7 Å². The van der Waals surface area contributed by atoms with Gasteiger partial charge in [0.25, 0.3) is 0 Å². The van der Waals surface area contributed by atoms with E-state index in [2.05, 4.69) is 0 Å². The van der Waals surface area contributed by atoms with Crippen LogP contribution in [0.5, 0.6) is 0 Å². The van der Waals surface area contributed by atoms with Crippen molar-refractivity contribution in [2.24, 2.45) is 28.6 Å². The van der Waals surface area contributed by atoms with Crippen molar-refractivity contribution in [1.82, 2.24) is 0 Å². The zero-order valence-corrected chi connectivity index (χ0v) is 19.9. The number of hydrogen-bond acceptors (Lipinski definition) is 8. The average molecular weight is 455 g/mol. The Balaban J connectivity index is 1.95. The summed E-state index contributed by atoms with van der Waals surface area (Å²) in [7, 11) is 0. The molecular weight excluding hydrogens is 416 g/mol. The van der Waals surface area contributed by atoms with Crippen LogP contribution in [0.25, 0.3) is 0 Å². The third-order valence-electron chi connectivity index (χ3n) is 9.80. The van der Waals surface area contributed by atoms with Gasteiger partial charge in [0.1, 0.15) is 17.8 Å². The van der Waals surface area contributed by atoms with Crippen molar-refractivity contribution >= 4 is 11.9 Å². The van der Waals surface area contributed by atoms with E-state index in [4.69, 9.17) is 9.47 Å². The summed E-state index contributed by atoms with van der Waals surface area (Å²) in [4.78, 5) is 24.3. The van der Waals surface area contributed by atoms with Gasteiger partial charge in [-0.15, -0.1) is 0 Å². The molecule has 2 bridgehead atoms. The molecule has 0 radical (unpaired) electrons. The van der Waals surface area contributed by atoms with Crippen LogP contribution in [-0.4, -0.2) is 67.5 Å². The Hall–Kier alpha value is -1.22. The molecule has 0 saturated heterocycles. The highest BCUT2D eigenvalue weighted by molar-refractivity contribution is 5.67. The summed E-state index contributed by atoms with van der Waals surface area (Å²) in [6.07, 6.45) is -0.950. The lowest BCUT2D eigenvalue weighted by Crippen LogP contribution is -2.61. The number of fused-ring (bicyclic) bond motifs is 2. The summed E-state index contributed by atoms with van der Waals surface area (Å²) in [5, 5.41) is 46.6. The minimum Gasteiger partial charge on any atom is -0.462 e. The summed E-state index contributed by atoms with van der Waals surface area (Å²) in [5.74, 6) is -2.56. The van der Waals surface area contributed by atoms with E-state index in [-0.39, 0.29) is 25.2 Å². The molecule has 0 aromatic carbocycles. The molecule has 8 nitrogen and oxygen atoms in total. The highest BCUT2D eigenvalue weighted by Crippen LogP contribution is 2.70. The Labute approximate surface area is 189 Å². The lowest BCUT2D eigenvalue weighted by Gasteiger charge is -2.51. The van der Waals surface area contributed by atoms with Crippen molar-refractivity contribution in [3.63, 3.8) is 0 Å². The molecule has 8 heteroatoms. The predicted molar refractivity (Wildman–Crippen MR) is 113 cm³/mol. The van der Waals surface area contributed by atoms with E-state index < -0.39 is 69.7 Å². The molecule has 2 unspecified atom stereocenters. The number of rotatable bonds is 2. The third kappa shape index (κ3) is 2.88. The normalized spacial score (nSPS) is 53.7. The molecule has 32 heavy (non-hydrogen) atoms. The quantitative estimate of drug-likeness (QED) is 0.459. The molecule has 0 aromatic heterocycles. The first-order chi connectivity index (χ1) is 14.5. The van der Waals surface area contributed by atoms with Gasteiger partial charge in [-0.1, -0.05) is 13.8 Å². The lowest BCUT2D eigenvalue weighted by molar-refractivity contribution is -0.213. The van der Waals surface area contributed by atoms with Gasteiger partial charge in [-0.25, -0.2) is 0 Å². The summed E-state index contributed by atoms with van der Waals surface area (Å²) in [5.41, 5.74) is -6.25. The van der Waals surface area contributed by atoms with Crippen LogP contribution in [0.4, 0.5) is 0 Å². The van der Waals surface area contributed by atoms with Crippen LogP contribution >= 0.6 is 0 Å². The fraction of sp³-hybridized carbons (Fsp3) is 0.917. The molecule has 4 aliphatic rings. The average Bonchev–Trinajstić information content (AvgIpc) is 2.86. The van der Waals surface area contributed by atoms with Crippen LogP contribution in [0.1, 0.15) is 73.6 Å². The zero-order chi connectivity index (χ0) is 24.1. The maximum Gasteiger partial charge on any atom is 0.303 e. The topological polar surface area (TPSA) is 134 Å². The second-order valence-electron chi connectivity index (χ2n) is 11.9. The smallest absolute Gasteiger partial charge is 0.303 e. The fourth-order valence-electron chi connectivity index (χ4n) is 8.44. The molecule has 4 rings (SSSR count). The summed E-state index contributed by atoms with van der Waals surface area (Å²) in [6.45, 7) is 9.47. The van der Waals surface area contributed by atoms with Crippen molar-refractivity contribution in [3.8, 4) is 0 Å². The van der Waals surface area contributed by atoms with Gasteiger partial charge >= 0.3 is 11.9 Å². The van der Waals surface area contributed by atoms with E-state index in [0.717, 1.165) is 0 Å². The SMILES string of the molecule is CC(=O)O[C@H]1CC23C[C@@](C)(O)C(CC[C@H]2[C@@](C)(O)[C@@H]2C[C@H](O)C(C)(C)[C@@]12O)[C@@H]3OC(C)=O. The Bertz CT molecular complexity index is 819. The first-order valence-electron chi connectivity index (χ1n) is 11.7. The van der Waals surface area contributed by atoms with Crippen molar-refractivity contribution < 1.29 is 39.5 Å². The van der Waals surface area contributed by atoms with Gasteiger partial charge in [-0.3, -0.25) is 9.59 Å². The van der Waals surface area contributed by atoms with E-state index in [0.29, 0.717) is 12.8 Å². The Morgan fingerprint density at radius 1 is 0.906 bits per heavy atom. The van der Waals surface area contributed by atoms with Gasteiger partial charge < -0.3 is 29.9 Å². The second kappa shape index (κ2) is 6.90. The largest absolute Gasteiger partial charge is 0.462 e. The van der Waals surface area contributed by atoms with Crippen molar-refractivity contribution in [2.75, 3.05) is 0 Å². The van der Waals surface area contributed by atoms with Crippen molar-refractivity contribution in [2.45, 2.75) is 109 Å². The number of carbonyl (C=O) groups is 2. The minimum atomic E-state index is -1.71. The maximum absolute atomic E-state index is 12.2. The number of aliphatic hydroxyl groups is 4. The Kier molecular flexibility index (Phi) is 5.16. The highest BCUT2D eigenvalue weighted by Gasteiger charge is 2.77. The van der Waals surface area contributed by atoms with E-state index >= 15 is 0 Å². The Morgan fingerprint density at radius 2 is 1.50 bits per heavy atom. The summed E-state index contributed by atoms with van der Waals surface area (Å²) < 4.78 is 11.6. The summed E-state index contributed by atoms with van der Waals surface area (Å²) >= 11 is 0. The first kappa shape index (κ1) is 23.9. The zero-order valence-electron chi connectivity index (χ0n) is 19.9. The molecule has 1 spiro atoms. The maximum atomic E-state index is 12.2. The van der Waals surface area contributed by atoms with Crippen LogP contribution < -0.4 is 0 Å². The molecule has 0 aliphatic heterocycles. The van der Waals surface area contributed by atoms with Crippen LogP contribution in [0.15, 0.2) is 0 Å². The monoisotopic (exact) mass is 454 g/mol. The molecule has 0 aromatic rings. The second-order valence-corrected chi connectivity index (χ2v) is 11.9. The van der Waals surface area contributed by atoms with Crippen molar-refractivity contribution in [1.29, 1.82) is 0 Å². The number of hydrogen-bond donors (Lipinski definition) is 4. The molecule has 0 amide bonds. The number of aliphatic hydroxyl groups excluding tert-OH is 1. The molecule has 4 saturated carbocycles. The van der Waals surface area contributed by atoms with Gasteiger partial charge in [0.15, 0.2) is 0 Å². The van der Waals surface area contributed by atoms with Crippen LogP contribution in [0, 0.1) is 28.6 Å². The third-order valence-corrected chi connectivity index (χ3v) is 9.80. The molecule has 0 heterocycles. The van der Waals surface area contributed by atoms with Crippen LogP contribution in [0.3, 0.4) is 0 Å². The van der Waals surface area contributed by atoms with Crippen LogP contribution in [0.2, 0.25) is 0 Å². The van der Waals surface area contributed by atoms with E-state index in [1.165, 1.54) is 13.8 Å². The van der Waals surface area contributed by atoms with Gasteiger partial charge in [-0.05, 0) is 51.9 Å². The van der Waals surface area contributed by atoms with Gasteiger partial charge in [-0.2, -0.15) is 0 Å². The molecule has 4 fully saturated rings. The predicted octanol–water partition coefficient (Wildman–Crippen LogP) is 1.31. The van der Waals surface area contributed by atoms with Gasteiger partial charge in [0.05, 0.1) is 17.3 Å². The number of ether oxygens (including phenoxy) is 2. The van der Waals surface area contributed by atoms with Crippen molar-refractivity contribution in [3.05, 3.63) is 0 Å². The molecule has 4 aliphatic carbocycles. The molecule has 4 N–H and O–H groups in total. The molecular formula is C24H38O8.